The lowest BCUT2D eigenvalue weighted by molar-refractivity contribution is -0.139. The number of benzene rings is 3. The largest absolute Gasteiger partial charge is 0.352 e. The monoisotopic (exact) mass is 528 g/mol. The molecule has 4 nitrogen and oxygen atoms in total. The van der Waals surface area contributed by atoms with E-state index >= 15 is 0 Å². The molecule has 0 spiro atoms. The molecule has 1 N–H and O–H groups in total. The number of nitrogens with one attached hydrogen (secondary N) is 1. The van der Waals surface area contributed by atoms with Gasteiger partial charge in [-0.05, 0) is 42.7 Å². The minimum atomic E-state index is -0.668. The first kappa shape index (κ1) is 27.1. The van der Waals surface area contributed by atoms with Gasteiger partial charge >= 0.3 is 0 Å². The molecule has 3 aromatic rings. The molecule has 0 saturated carbocycles. The Morgan fingerprint density at radius 2 is 1.49 bits per heavy atom. The summed E-state index contributed by atoms with van der Waals surface area (Å²) in [5.74, 6) is 0.702. The highest BCUT2D eigenvalue weighted by molar-refractivity contribution is 7.99. The van der Waals surface area contributed by atoms with Crippen molar-refractivity contribution in [2.45, 2.75) is 44.6 Å². The quantitative estimate of drug-likeness (QED) is 0.313. The maximum atomic E-state index is 13.6. The van der Waals surface area contributed by atoms with Gasteiger partial charge < -0.3 is 10.2 Å². The van der Waals surface area contributed by atoms with Crippen molar-refractivity contribution in [1.82, 2.24) is 10.2 Å². The molecule has 0 bridgehead atoms. The van der Waals surface area contributed by atoms with Crippen LogP contribution in [0.5, 0.6) is 0 Å². The van der Waals surface area contributed by atoms with Gasteiger partial charge in [0.15, 0.2) is 0 Å². The molecule has 7 heteroatoms. The first-order chi connectivity index (χ1) is 16.8. The molecule has 0 saturated heterocycles. The van der Waals surface area contributed by atoms with E-state index in [0.29, 0.717) is 22.2 Å². The number of rotatable bonds is 11. The molecule has 3 aromatic carbocycles. The average Bonchev–Trinajstić information content (AvgIpc) is 2.84. The summed E-state index contributed by atoms with van der Waals surface area (Å²) in [7, 11) is 0. The molecule has 184 valence electrons. The van der Waals surface area contributed by atoms with Crippen molar-refractivity contribution in [3.05, 3.63) is 106 Å². The summed E-state index contributed by atoms with van der Waals surface area (Å²) in [6.07, 6.45) is 0.413. The number of carbonyl (C=O) groups is 2. The van der Waals surface area contributed by atoms with Crippen LogP contribution in [0.1, 0.15) is 30.5 Å². The fourth-order valence-electron chi connectivity index (χ4n) is 3.68. The summed E-state index contributed by atoms with van der Waals surface area (Å²) in [5, 5.41) is 3.87. The van der Waals surface area contributed by atoms with E-state index in [1.54, 1.807) is 17.0 Å². The Bertz CT molecular complexity index is 1110. The van der Waals surface area contributed by atoms with Crippen molar-refractivity contribution in [3.63, 3.8) is 0 Å². The van der Waals surface area contributed by atoms with Gasteiger partial charge in [0, 0.05) is 24.8 Å². The normalized spacial score (nSPS) is 11.8. The van der Waals surface area contributed by atoms with Crippen LogP contribution in [0, 0.1) is 0 Å². The van der Waals surface area contributed by atoms with E-state index in [-0.39, 0.29) is 30.2 Å². The van der Waals surface area contributed by atoms with Crippen LogP contribution in [0.25, 0.3) is 0 Å². The van der Waals surface area contributed by atoms with Gasteiger partial charge in [0.25, 0.3) is 0 Å². The van der Waals surface area contributed by atoms with Crippen LogP contribution >= 0.6 is 35.0 Å². The standard InChI is InChI=1S/C28H30Cl2N2O2S/c1-20(2)31-28(34)26(16-21-9-5-3-6-10-21)32(17-23-13-14-24(29)25(30)15-23)27(33)19-35-18-22-11-7-4-8-12-22/h3-15,20,26H,16-19H2,1-2H3,(H,31,34)/t26-/m0/s1. The van der Waals surface area contributed by atoms with Gasteiger partial charge in [-0.3, -0.25) is 9.59 Å². The van der Waals surface area contributed by atoms with Crippen LogP contribution in [0.4, 0.5) is 0 Å². The number of nitrogens with zero attached hydrogens (tertiary/aromatic N) is 1. The lowest BCUT2D eigenvalue weighted by Crippen LogP contribution is -2.52. The van der Waals surface area contributed by atoms with Gasteiger partial charge in [-0.15, -0.1) is 11.8 Å². The van der Waals surface area contributed by atoms with Crippen LogP contribution in [0.3, 0.4) is 0 Å². The fourth-order valence-corrected chi connectivity index (χ4v) is 4.87. The molecule has 0 aliphatic rings. The van der Waals surface area contributed by atoms with Crippen LogP contribution in [0.2, 0.25) is 10.0 Å². The van der Waals surface area contributed by atoms with Crippen molar-refractivity contribution in [2.24, 2.45) is 0 Å². The minimum absolute atomic E-state index is 0.0462. The highest BCUT2D eigenvalue weighted by Crippen LogP contribution is 2.25. The first-order valence-electron chi connectivity index (χ1n) is 11.5. The highest BCUT2D eigenvalue weighted by Gasteiger charge is 2.30. The average molecular weight is 530 g/mol. The van der Waals surface area contributed by atoms with Gasteiger partial charge in [0.1, 0.15) is 6.04 Å². The smallest absolute Gasteiger partial charge is 0.243 e. The molecule has 0 aliphatic carbocycles. The number of hydrogen-bond donors (Lipinski definition) is 1. The summed E-state index contributed by atoms with van der Waals surface area (Å²) < 4.78 is 0. The van der Waals surface area contributed by atoms with E-state index in [9.17, 15) is 9.59 Å². The van der Waals surface area contributed by atoms with E-state index in [4.69, 9.17) is 23.2 Å². The van der Waals surface area contributed by atoms with E-state index in [1.807, 2.05) is 80.6 Å². The van der Waals surface area contributed by atoms with Gasteiger partial charge in [0.2, 0.25) is 11.8 Å². The third kappa shape index (κ3) is 8.60. The maximum Gasteiger partial charge on any atom is 0.243 e. The second kappa shape index (κ2) is 13.6. The molecule has 35 heavy (non-hydrogen) atoms. The molecular formula is C28H30Cl2N2O2S. The third-order valence-electron chi connectivity index (χ3n) is 5.38. The predicted molar refractivity (Wildman–Crippen MR) is 147 cm³/mol. The second-order valence-corrected chi connectivity index (χ2v) is 10.4. The SMILES string of the molecule is CC(C)NC(=O)[C@H](Cc1ccccc1)N(Cc1ccc(Cl)c(Cl)c1)C(=O)CSCc1ccccc1. The second-order valence-electron chi connectivity index (χ2n) is 8.62. The molecule has 0 heterocycles. The molecule has 0 aliphatic heterocycles. The summed E-state index contributed by atoms with van der Waals surface area (Å²) in [6.45, 7) is 4.08. The Hall–Kier alpha value is -2.47. The van der Waals surface area contributed by atoms with Crippen molar-refractivity contribution >= 4 is 46.8 Å². The summed E-state index contributed by atoms with van der Waals surface area (Å²) >= 11 is 13.9. The minimum Gasteiger partial charge on any atom is -0.352 e. The number of thioether (sulfide) groups is 1. The molecule has 3 rings (SSSR count). The Morgan fingerprint density at radius 1 is 0.857 bits per heavy atom. The van der Waals surface area contributed by atoms with Crippen molar-refractivity contribution in [1.29, 1.82) is 0 Å². The van der Waals surface area contributed by atoms with Gasteiger partial charge in [-0.25, -0.2) is 0 Å². The van der Waals surface area contributed by atoms with Crippen molar-refractivity contribution in [3.8, 4) is 0 Å². The van der Waals surface area contributed by atoms with E-state index in [2.05, 4.69) is 5.32 Å². The number of hydrogen-bond acceptors (Lipinski definition) is 3. The van der Waals surface area contributed by atoms with E-state index in [1.165, 1.54) is 11.8 Å². The Morgan fingerprint density at radius 3 is 2.09 bits per heavy atom. The Balaban J connectivity index is 1.87. The molecule has 2 amide bonds. The fraction of sp³-hybridized carbons (Fsp3) is 0.286. The molecule has 0 radical (unpaired) electrons. The van der Waals surface area contributed by atoms with Gasteiger partial charge in [-0.2, -0.15) is 0 Å². The molecular weight excluding hydrogens is 499 g/mol. The summed E-state index contributed by atoms with van der Waals surface area (Å²) in [4.78, 5) is 28.6. The van der Waals surface area contributed by atoms with Crippen molar-refractivity contribution < 1.29 is 9.59 Å². The molecule has 0 aromatic heterocycles. The van der Waals surface area contributed by atoms with Crippen LogP contribution < -0.4 is 5.32 Å². The summed E-state index contributed by atoms with van der Waals surface area (Å²) in [6, 6.07) is 24.4. The number of halogens is 2. The lowest BCUT2D eigenvalue weighted by atomic mass is 10.0. The predicted octanol–water partition coefficient (Wildman–Crippen LogP) is 6.39. The Kier molecular flexibility index (Phi) is 10.5. The topological polar surface area (TPSA) is 49.4 Å². The summed E-state index contributed by atoms with van der Waals surface area (Å²) in [5.41, 5.74) is 2.95. The molecule has 1 atom stereocenters. The van der Waals surface area contributed by atoms with Crippen LogP contribution in [-0.2, 0) is 28.3 Å². The van der Waals surface area contributed by atoms with Crippen molar-refractivity contribution in [2.75, 3.05) is 5.75 Å². The van der Waals surface area contributed by atoms with Gasteiger partial charge in [-0.1, -0.05) is 89.9 Å². The lowest BCUT2D eigenvalue weighted by Gasteiger charge is -2.32. The van der Waals surface area contributed by atoms with E-state index < -0.39 is 6.04 Å². The molecule has 0 fully saturated rings. The zero-order valence-electron chi connectivity index (χ0n) is 19.9. The van der Waals surface area contributed by atoms with Crippen LogP contribution in [-0.4, -0.2) is 34.6 Å². The number of amides is 2. The Labute approximate surface area is 222 Å². The van der Waals surface area contributed by atoms with Gasteiger partial charge in [0.05, 0.1) is 15.8 Å². The third-order valence-corrected chi connectivity index (χ3v) is 7.10. The van der Waals surface area contributed by atoms with E-state index in [0.717, 1.165) is 16.7 Å². The maximum absolute atomic E-state index is 13.6. The first-order valence-corrected chi connectivity index (χ1v) is 13.4. The highest BCUT2D eigenvalue weighted by atomic mass is 35.5. The molecule has 0 unspecified atom stereocenters. The zero-order chi connectivity index (χ0) is 25.2. The number of carbonyl (C=O) groups excluding carboxylic acids is 2. The zero-order valence-corrected chi connectivity index (χ0v) is 22.2. The van der Waals surface area contributed by atoms with Crippen LogP contribution in [0.15, 0.2) is 78.9 Å².